The molecule has 3 rings (SSSR count). The summed E-state index contributed by atoms with van der Waals surface area (Å²) in [6.45, 7) is 0. The Morgan fingerprint density at radius 2 is 0.833 bits per heavy atom. The zero-order valence-electron chi connectivity index (χ0n) is 12.9. The van der Waals surface area contributed by atoms with E-state index in [0.717, 1.165) is 0 Å². The van der Waals surface area contributed by atoms with Crippen molar-refractivity contribution in [3.8, 4) is 12.4 Å². The van der Waals surface area contributed by atoms with Crippen LogP contribution < -0.4 is 0 Å². The molecule has 3 aromatic rings. The highest BCUT2D eigenvalue weighted by Crippen LogP contribution is 2.30. The maximum absolute atomic E-state index is 7.43. The van der Waals surface area contributed by atoms with Crippen LogP contribution in [0.15, 0.2) is 106 Å². The highest BCUT2D eigenvalue weighted by Gasteiger charge is 2.27. The topological polar surface area (TPSA) is 61.7 Å². The first-order chi connectivity index (χ1) is 11.9. The Hall–Kier alpha value is -3.21. The molecule has 3 aromatic carbocycles. The van der Waals surface area contributed by atoms with Crippen LogP contribution in [0.3, 0.4) is 0 Å². The second-order valence-electron chi connectivity index (χ2n) is 4.56. The molecule has 0 amide bonds. The lowest BCUT2D eigenvalue weighted by Crippen LogP contribution is -2.04. The van der Waals surface area contributed by atoms with Crippen LogP contribution in [-0.4, -0.2) is 0 Å². The van der Waals surface area contributed by atoms with Gasteiger partial charge in [0.05, 0.1) is 10.9 Å². The van der Waals surface area contributed by atoms with E-state index in [2.05, 4.69) is 96.3 Å². The summed E-state index contributed by atoms with van der Waals surface area (Å²) in [6, 6.07) is 32.2. The van der Waals surface area contributed by atoms with Crippen LogP contribution in [0.1, 0.15) is 0 Å². The smallest absolute Gasteiger partial charge is 0.166 e. The molecule has 0 aliphatic carbocycles. The van der Waals surface area contributed by atoms with Crippen LogP contribution in [0.5, 0.6) is 0 Å². The Morgan fingerprint density at radius 3 is 1.04 bits per heavy atom. The van der Waals surface area contributed by atoms with Gasteiger partial charge in [0.25, 0.3) is 0 Å². The monoisotopic (exact) mass is 329 g/mol. The van der Waals surface area contributed by atoms with Crippen molar-refractivity contribution in [3.63, 3.8) is 0 Å². The van der Waals surface area contributed by atoms with Gasteiger partial charge in [-0.1, -0.05) is 54.6 Å². The van der Waals surface area contributed by atoms with Crippen LogP contribution in [0.4, 0.5) is 0 Å². The average Bonchev–Trinajstić information content (AvgIpc) is 2.66. The van der Waals surface area contributed by atoms with Gasteiger partial charge in [-0.2, -0.15) is 0 Å². The molecule has 4 heteroatoms. The zero-order chi connectivity index (χ0) is 17.0. The first kappa shape index (κ1) is 17.1. The van der Waals surface area contributed by atoms with Crippen molar-refractivity contribution in [1.29, 1.82) is 10.5 Å². The van der Waals surface area contributed by atoms with Crippen molar-refractivity contribution < 1.29 is 0 Å². The third kappa shape index (κ3) is 4.91. The zero-order valence-corrected chi connectivity index (χ0v) is 13.7. The van der Waals surface area contributed by atoms with E-state index in [4.69, 9.17) is 10.5 Å². The van der Waals surface area contributed by atoms with Crippen LogP contribution >= 0.6 is 0 Å². The van der Waals surface area contributed by atoms with Crippen LogP contribution in [0.2, 0.25) is 0 Å². The standard InChI is InChI=1S/C18H15S.C2N3/c1-4-10-16(11-5-1)19(17-12-6-2-7-13-17)18-14-8-3-9-15-18;3-1-5-2-4/h1-15H;/q+1;-1. The lowest BCUT2D eigenvalue weighted by atomic mass is 10.4. The summed E-state index contributed by atoms with van der Waals surface area (Å²) in [5, 5.41) is 17.4. The van der Waals surface area contributed by atoms with Gasteiger partial charge in [-0.15, -0.1) is 0 Å². The molecule has 0 fully saturated rings. The summed E-state index contributed by atoms with van der Waals surface area (Å²) in [5.74, 6) is 0. The Balaban J connectivity index is 0.000000368. The number of nitriles is 2. The van der Waals surface area contributed by atoms with Crippen molar-refractivity contribution in [2.75, 3.05) is 0 Å². The van der Waals surface area contributed by atoms with Gasteiger partial charge in [-0.05, 0) is 36.4 Å². The second-order valence-corrected chi connectivity index (χ2v) is 6.58. The Bertz CT molecular complexity index is 700. The average molecular weight is 329 g/mol. The minimum absolute atomic E-state index is 0.0146. The van der Waals surface area contributed by atoms with Crippen molar-refractivity contribution in [2.45, 2.75) is 14.7 Å². The quantitative estimate of drug-likeness (QED) is 0.495. The molecule has 0 atom stereocenters. The second kappa shape index (κ2) is 9.74. The molecule has 0 saturated carbocycles. The molecule has 24 heavy (non-hydrogen) atoms. The molecule has 0 spiro atoms. The molecule has 0 aromatic heterocycles. The van der Waals surface area contributed by atoms with Crippen LogP contribution in [-0.2, 0) is 10.9 Å². The fourth-order valence-electron chi connectivity index (χ4n) is 2.10. The molecular formula is C20H15N3S. The lowest BCUT2D eigenvalue weighted by Gasteiger charge is -2.07. The van der Waals surface area contributed by atoms with E-state index in [1.54, 1.807) is 0 Å². The van der Waals surface area contributed by atoms with Crippen molar-refractivity contribution >= 4 is 10.9 Å². The van der Waals surface area contributed by atoms with Gasteiger partial charge in [-0.3, -0.25) is 5.32 Å². The van der Waals surface area contributed by atoms with E-state index in [0.29, 0.717) is 0 Å². The van der Waals surface area contributed by atoms with Crippen LogP contribution in [0, 0.1) is 22.9 Å². The largest absolute Gasteiger partial charge is 0.385 e. The summed E-state index contributed by atoms with van der Waals surface area (Å²) < 4.78 is 0. The third-order valence-corrected chi connectivity index (χ3v) is 5.27. The minimum Gasteiger partial charge on any atom is -0.385 e. The normalized spacial score (nSPS) is 9.12. The molecule has 0 aliphatic rings. The summed E-state index contributed by atoms with van der Waals surface area (Å²) in [5.41, 5.74) is 0. The highest BCUT2D eigenvalue weighted by molar-refractivity contribution is 7.97. The SMILES string of the molecule is N#C[N-]C#N.c1ccc([S+](c2ccccc2)c2ccccc2)cc1. The van der Waals surface area contributed by atoms with E-state index in [1.165, 1.54) is 27.1 Å². The minimum atomic E-state index is -0.0146. The summed E-state index contributed by atoms with van der Waals surface area (Å²) in [7, 11) is -0.0146. The fraction of sp³-hybridized carbons (Fsp3) is 0. The molecule has 0 saturated heterocycles. The lowest BCUT2D eigenvalue weighted by molar-refractivity contribution is 1.32. The molecule has 0 bridgehead atoms. The Morgan fingerprint density at radius 1 is 0.542 bits per heavy atom. The van der Waals surface area contributed by atoms with Crippen LogP contribution in [0.25, 0.3) is 5.32 Å². The molecule has 0 heterocycles. The first-order valence-corrected chi connectivity index (χ1v) is 8.46. The summed E-state index contributed by atoms with van der Waals surface area (Å²) in [4.78, 5) is 4.08. The number of rotatable bonds is 3. The van der Waals surface area contributed by atoms with Gasteiger partial charge in [0.2, 0.25) is 0 Å². The maximum atomic E-state index is 7.43. The molecule has 3 nitrogen and oxygen atoms in total. The van der Waals surface area contributed by atoms with E-state index in [9.17, 15) is 0 Å². The van der Waals surface area contributed by atoms with Gasteiger partial charge in [0.1, 0.15) is 0 Å². The van der Waals surface area contributed by atoms with Gasteiger partial charge in [0.15, 0.2) is 14.7 Å². The van der Waals surface area contributed by atoms with E-state index in [-0.39, 0.29) is 10.9 Å². The number of hydrogen-bond acceptors (Lipinski definition) is 2. The van der Waals surface area contributed by atoms with E-state index in [1.807, 2.05) is 0 Å². The molecule has 0 unspecified atom stereocenters. The summed E-state index contributed by atoms with van der Waals surface area (Å²) in [6.07, 6.45) is 2.56. The molecule has 0 aliphatic heterocycles. The summed E-state index contributed by atoms with van der Waals surface area (Å²) >= 11 is 0. The maximum Gasteiger partial charge on any atom is 0.166 e. The molecular weight excluding hydrogens is 314 g/mol. The number of nitrogens with zero attached hydrogens (tertiary/aromatic N) is 3. The van der Waals surface area contributed by atoms with Gasteiger partial charge < -0.3 is 10.5 Å². The van der Waals surface area contributed by atoms with Gasteiger partial charge >= 0.3 is 0 Å². The Labute approximate surface area is 145 Å². The predicted molar refractivity (Wildman–Crippen MR) is 96.1 cm³/mol. The van der Waals surface area contributed by atoms with Crippen molar-refractivity contribution in [1.82, 2.24) is 0 Å². The van der Waals surface area contributed by atoms with Crippen molar-refractivity contribution in [3.05, 3.63) is 96.3 Å². The number of benzene rings is 3. The molecule has 0 N–H and O–H groups in total. The molecule has 116 valence electrons. The fourth-order valence-corrected chi connectivity index (χ4v) is 4.20. The first-order valence-electron chi connectivity index (χ1n) is 7.24. The number of hydrogen-bond donors (Lipinski definition) is 0. The molecule has 0 radical (unpaired) electrons. The predicted octanol–water partition coefficient (Wildman–Crippen LogP) is 5.10. The van der Waals surface area contributed by atoms with Gasteiger partial charge in [-0.25, -0.2) is 0 Å². The highest BCUT2D eigenvalue weighted by atomic mass is 32.2. The van der Waals surface area contributed by atoms with E-state index < -0.39 is 0 Å². The van der Waals surface area contributed by atoms with E-state index >= 15 is 0 Å². The third-order valence-electron chi connectivity index (χ3n) is 3.04. The van der Waals surface area contributed by atoms with Crippen molar-refractivity contribution in [2.24, 2.45) is 0 Å². The Kier molecular flexibility index (Phi) is 6.96. The van der Waals surface area contributed by atoms with Gasteiger partial charge in [0, 0.05) is 12.4 Å².